The van der Waals surface area contributed by atoms with Gasteiger partial charge in [-0.05, 0) is 19.8 Å². The van der Waals surface area contributed by atoms with Gasteiger partial charge >= 0.3 is 0 Å². The monoisotopic (exact) mass is 213 g/mol. The third-order valence-corrected chi connectivity index (χ3v) is 3.11. The van der Waals surface area contributed by atoms with E-state index in [4.69, 9.17) is 10.5 Å². The normalized spacial score (nSPS) is 29.3. The maximum atomic E-state index is 6.04. The van der Waals surface area contributed by atoms with Crippen LogP contribution in [0.2, 0.25) is 0 Å². The van der Waals surface area contributed by atoms with E-state index in [1.165, 1.54) is 11.7 Å². The van der Waals surface area contributed by atoms with Gasteiger partial charge in [-0.15, -0.1) is 0 Å². The van der Waals surface area contributed by atoms with E-state index in [9.17, 15) is 0 Å². The van der Waals surface area contributed by atoms with Crippen molar-refractivity contribution in [2.45, 2.75) is 44.4 Å². The van der Waals surface area contributed by atoms with Gasteiger partial charge in [0.05, 0.1) is 35.8 Å². The third kappa shape index (κ3) is 2.29. The van der Waals surface area contributed by atoms with Gasteiger partial charge in [-0.2, -0.15) is 8.75 Å². The zero-order valence-electron chi connectivity index (χ0n) is 8.22. The number of ether oxygens (including phenoxy) is 1. The van der Waals surface area contributed by atoms with Gasteiger partial charge < -0.3 is 10.5 Å². The Hall–Kier alpha value is -0.520. The van der Waals surface area contributed by atoms with Gasteiger partial charge in [0, 0.05) is 12.5 Å². The van der Waals surface area contributed by atoms with Crippen LogP contribution in [-0.4, -0.2) is 27.0 Å². The van der Waals surface area contributed by atoms with Crippen LogP contribution in [0.3, 0.4) is 0 Å². The maximum absolute atomic E-state index is 6.04. The Morgan fingerprint density at radius 2 is 2.57 bits per heavy atom. The molecule has 1 fully saturated rings. The molecule has 2 N–H and O–H groups in total. The van der Waals surface area contributed by atoms with Crippen molar-refractivity contribution >= 4 is 11.7 Å². The summed E-state index contributed by atoms with van der Waals surface area (Å²) in [4.78, 5) is 0. The lowest BCUT2D eigenvalue weighted by molar-refractivity contribution is 0.0403. The van der Waals surface area contributed by atoms with Crippen LogP contribution in [0.5, 0.6) is 0 Å². The first-order valence-electron chi connectivity index (χ1n) is 4.93. The zero-order valence-corrected chi connectivity index (χ0v) is 9.04. The van der Waals surface area contributed by atoms with Crippen LogP contribution in [0.1, 0.15) is 25.5 Å². The van der Waals surface area contributed by atoms with Gasteiger partial charge in [-0.1, -0.05) is 0 Å². The Balaban J connectivity index is 1.87. The molecule has 5 heteroatoms. The number of hydrogen-bond acceptors (Lipinski definition) is 5. The SMILES string of the molecule is CC1CCC(C(N)Cc2cnsn2)O1. The van der Waals surface area contributed by atoms with Crippen molar-refractivity contribution in [2.24, 2.45) is 5.73 Å². The fourth-order valence-electron chi connectivity index (χ4n) is 1.80. The Kier molecular flexibility index (Phi) is 3.10. The fourth-order valence-corrected chi connectivity index (χ4v) is 2.24. The molecule has 14 heavy (non-hydrogen) atoms. The fraction of sp³-hybridized carbons (Fsp3) is 0.778. The minimum atomic E-state index is 0.0591. The van der Waals surface area contributed by atoms with E-state index in [0.717, 1.165) is 25.0 Å². The summed E-state index contributed by atoms with van der Waals surface area (Å²) in [5.41, 5.74) is 7.02. The minimum Gasteiger partial charge on any atom is -0.374 e. The average Bonchev–Trinajstić information content (AvgIpc) is 2.75. The largest absolute Gasteiger partial charge is 0.374 e. The van der Waals surface area contributed by atoms with Gasteiger partial charge in [0.15, 0.2) is 0 Å². The number of rotatable bonds is 3. The van der Waals surface area contributed by atoms with Crippen molar-refractivity contribution in [1.29, 1.82) is 0 Å². The lowest BCUT2D eigenvalue weighted by Gasteiger charge is -2.18. The highest BCUT2D eigenvalue weighted by atomic mass is 32.1. The predicted octanol–water partition coefficient (Wildman–Crippen LogP) is 0.975. The van der Waals surface area contributed by atoms with E-state index >= 15 is 0 Å². The lowest BCUT2D eigenvalue weighted by atomic mass is 10.0. The molecule has 2 heterocycles. The summed E-state index contributed by atoms with van der Waals surface area (Å²) in [6.07, 6.45) is 5.30. The van der Waals surface area contributed by atoms with Crippen LogP contribution in [0.15, 0.2) is 6.20 Å². The molecule has 4 nitrogen and oxygen atoms in total. The van der Waals surface area contributed by atoms with Gasteiger partial charge in [-0.3, -0.25) is 0 Å². The number of nitrogens with two attached hydrogens (primary N) is 1. The second-order valence-electron chi connectivity index (χ2n) is 3.83. The maximum Gasteiger partial charge on any atom is 0.0759 e. The lowest BCUT2D eigenvalue weighted by Crippen LogP contribution is -2.36. The zero-order chi connectivity index (χ0) is 9.97. The molecule has 1 saturated heterocycles. The Morgan fingerprint density at radius 3 is 3.14 bits per heavy atom. The first kappa shape index (κ1) is 10.0. The highest BCUT2D eigenvalue weighted by Crippen LogP contribution is 2.22. The molecule has 3 atom stereocenters. The topological polar surface area (TPSA) is 61.0 Å². The van der Waals surface area contributed by atoms with Crippen LogP contribution in [0.4, 0.5) is 0 Å². The van der Waals surface area contributed by atoms with E-state index in [-0.39, 0.29) is 12.1 Å². The van der Waals surface area contributed by atoms with E-state index in [2.05, 4.69) is 15.7 Å². The van der Waals surface area contributed by atoms with Gasteiger partial charge in [0.2, 0.25) is 0 Å². The standard InChI is InChI=1S/C9H15N3OS/c1-6-2-3-9(13-6)8(10)4-7-5-11-14-12-7/h5-6,8-9H,2-4,10H2,1H3. The quantitative estimate of drug-likeness (QED) is 0.813. The average molecular weight is 213 g/mol. The van der Waals surface area contributed by atoms with Crippen molar-refractivity contribution in [1.82, 2.24) is 8.75 Å². The molecule has 3 unspecified atom stereocenters. The Morgan fingerprint density at radius 1 is 1.71 bits per heavy atom. The second-order valence-corrected chi connectivity index (χ2v) is 4.39. The predicted molar refractivity (Wildman–Crippen MR) is 55.2 cm³/mol. The van der Waals surface area contributed by atoms with Crippen LogP contribution < -0.4 is 5.73 Å². The van der Waals surface area contributed by atoms with E-state index in [0.29, 0.717) is 6.10 Å². The molecule has 0 saturated carbocycles. The molecule has 78 valence electrons. The Labute approximate surface area is 87.8 Å². The summed E-state index contributed by atoms with van der Waals surface area (Å²) in [5, 5.41) is 0. The molecule has 0 aromatic carbocycles. The van der Waals surface area contributed by atoms with Crippen molar-refractivity contribution in [3.8, 4) is 0 Å². The van der Waals surface area contributed by atoms with Gasteiger partial charge in [0.25, 0.3) is 0 Å². The van der Waals surface area contributed by atoms with Crippen molar-refractivity contribution in [3.05, 3.63) is 11.9 Å². The molecule has 0 spiro atoms. The molecule has 0 aliphatic carbocycles. The van der Waals surface area contributed by atoms with Crippen LogP contribution in [0, 0.1) is 0 Å². The third-order valence-electron chi connectivity index (χ3n) is 2.59. The molecule has 0 bridgehead atoms. The molecule has 1 aromatic rings. The van der Waals surface area contributed by atoms with E-state index in [1.807, 2.05) is 0 Å². The smallest absolute Gasteiger partial charge is 0.0759 e. The molecule has 1 aliphatic rings. The number of hydrogen-bond donors (Lipinski definition) is 1. The summed E-state index contributed by atoms with van der Waals surface area (Å²) in [6.45, 7) is 2.09. The molecule has 1 aromatic heterocycles. The first-order chi connectivity index (χ1) is 6.75. The first-order valence-corrected chi connectivity index (χ1v) is 5.66. The second kappa shape index (κ2) is 4.33. The Bertz CT molecular complexity index is 278. The van der Waals surface area contributed by atoms with Gasteiger partial charge in [0.1, 0.15) is 0 Å². The highest BCUT2D eigenvalue weighted by molar-refractivity contribution is 6.99. The van der Waals surface area contributed by atoms with Crippen LogP contribution in [0.25, 0.3) is 0 Å². The van der Waals surface area contributed by atoms with Gasteiger partial charge in [-0.25, -0.2) is 0 Å². The van der Waals surface area contributed by atoms with Crippen molar-refractivity contribution in [2.75, 3.05) is 0 Å². The summed E-state index contributed by atoms with van der Waals surface area (Å²) in [7, 11) is 0. The summed E-state index contributed by atoms with van der Waals surface area (Å²) in [6, 6.07) is 0.0591. The molecule has 1 aliphatic heterocycles. The van der Waals surface area contributed by atoms with Crippen LogP contribution >= 0.6 is 11.7 Å². The van der Waals surface area contributed by atoms with Crippen molar-refractivity contribution in [3.63, 3.8) is 0 Å². The summed E-state index contributed by atoms with van der Waals surface area (Å²) >= 11 is 1.23. The molecule has 2 rings (SSSR count). The van der Waals surface area contributed by atoms with E-state index < -0.39 is 0 Å². The van der Waals surface area contributed by atoms with Crippen molar-refractivity contribution < 1.29 is 4.74 Å². The number of aromatic nitrogens is 2. The molecular weight excluding hydrogens is 198 g/mol. The van der Waals surface area contributed by atoms with Crippen LogP contribution in [-0.2, 0) is 11.2 Å². The molecule has 0 amide bonds. The highest BCUT2D eigenvalue weighted by Gasteiger charge is 2.27. The molecular formula is C9H15N3OS. The number of nitrogens with zero attached hydrogens (tertiary/aromatic N) is 2. The summed E-state index contributed by atoms with van der Waals surface area (Å²) in [5.74, 6) is 0. The minimum absolute atomic E-state index is 0.0591. The molecule has 0 radical (unpaired) electrons. The van der Waals surface area contributed by atoms with E-state index in [1.54, 1.807) is 6.20 Å². The summed E-state index contributed by atoms with van der Waals surface area (Å²) < 4.78 is 13.8.